The molecule has 0 aliphatic rings. The molecule has 0 bridgehead atoms. The highest BCUT2D eigenvalue weighted by Crippen LogP contribution is 2.10. The summed E-state index contributed by atoms with van der Waals surface area (Å²) in [6.07, 6.45) is 1.47. The highest BCUT2D eigenvalue weighted by molar-refractivity contribution is 14.1. The lowest BCUT2D eigenvalue weighted by atomic mass is 10.1. The Hall–Kier alpha value is -1.67. The van der Waals surface area contributed by atoms with Gasteiger partial charge >= 0.3 is 6.03 Å². The van der Waals surface area contributed by atoms with E-state index in [4.69, 9.17) is 0 Å². The standard InChI is InChI=1S/C20H25FIN3O/c1-25(2)19(13-16-6-8-18(22)9-7-16)14-24-20(26)23-11-10-15-4-3-5-17(21)12-15/h3-9,12,19H,10-11,13-14H2,1-2H3,(H2,23,24,26). The molecule has 0 saturated heterocycles. The van der Waals surface area contributed by atoms with E-state index in [2.05, 4.69) is 62.4 Å². The van der Waals surface area contributed by atoms with Gasteiger partial charge in [0.25, 0.3) is 0 Å². The lowest BCUT2D eigenvalue weighted by molar-refractivity contribution is 0.232. The number of rotatable bonds is 8. The van der Waals surface area contributed by atoms with Crippen molar-refractivity contribution in [3.63, 3.8) is 0 Å². The van der Waals surface area contributed by atoms with Gasteiger partial charge in [-0.05, 0) is 84.9 Å². The molecular weight excluding hydrogens is 444 g/mol. The van der Waals surface area contributed by atoms with Gasteiger partial charge in [-0.2, -0.15) is 0 Å². The highest BCUT2D eigenvalue weighted by Gasteiger charge is 2.13. The second-order valence-corrected chi connectivity index (χ2v) is 7.71. The molecule has 2 rings (SSSR count). The average Bonchev–Trinajstić information content (AvgIpc) is 2.60. The van der Waals surface area contributed by atoms with Crippen LogP contribution < -0.4 is 10.6 Å². The predicted octanol–water partition coefficient (Wildman–Crippen LogP) is 3.44. The number of carbonyl (C=O) groups is 1. The minimum atomic E-state index is -0.253. The van der Waals surface area contributed by atoms with Gasteiger partial charge in [0.05, 0.1) is 0 Å². The fraction of sp³-hybridized carbons (Fsp3) is 0.350. The zero-order chi connectivity index (χ0) is 18.9. The van der Waals surface area contributed by atoms with Gasteiger partial charge in [-0.15, -0.1) is 0 Å². The molecule has 0 spiro atoms. The summed E-state index contributed by atoms with van der Waals surface area (Å²) >= 11 is 2.29. The molecule has 2 amide bonds. The van der Waals surface area contributed by atoms with Gasteiger partial charge in [0.1, 0.15) is 5.82 Å². The lowest BCUT2D eigenvalue weighted by Crippen LogP contribution is -2.45. The van der Waals surface area contributed by atoms with Crippen LogP contribution in [0.1, 0.15) is 11.1 Å². The number of halogens is 2. The summed E-state index contributed by atoms with van der Waals surface area (Å²) in [5.41, 5.74) is 2.12. The van der Waals surface area contributed by atoms with Gasteiger partial charge in [0, 0.05) is 22.7 Å². The summed E-state index contributed by atoms with van der Waals surface area (Å²) < 4.78 is 14.3. The normalized spacial score (nSPS) is 12.0. The number of nitrogens with zero attached hydrogens (tertiary/aromatic N) is 1. The van der Waals surface area contributed by atoms with Crippen LogP contribution >= 0.6 is 22.6 Å². The molecule has 1 atom stereocenters. The van der Waals surface area contributed by atoms with Crippen LogP contribution in [0.2, 0.25) is 0 Å². The quantitative estimate of drug-likeness (QED) is 0.582. The Morgan fingerprint density at radius 3 is 2.50 bits per heavy atom. The smallest absolute Gasteiger partial charge is 0.314 e. The van der Waals surface area contributed by atoms with E-state index < -0.39 is 0 Å². The monoisotopic (exact) mass is 469 g/mol. The van der Waals surface area contributed by atoms with Crippen molar-refractivity contribution < 1.29 is 9.18 Å². The first-order valence-corrected chi connectivity index (χ1v) is 9.69. The molecule has 2 aromatic carbocycles. The number of likely N-dealkylation sites (N-methyl/N-ethyl adjacent to an activating group) is 1. The van der Waals surface area contributed by atoms with Crippen LogP contribution in [0.5, 0.6) is 0 Å². The average molecular weight is 469 g/mol. The van der Waals surface area contributed by atoms with Crippen LogP contribution in [-0.2, 0) is 12.8 Å². The Labute approximate surface area is 168 Å². The third-order valence-electron chi connectivity index (χ3n) is 4.20. The molecule has 6 heteroatoms. The maximum atomic E-state index is 13.1. The minimum Gasteiger partial charge on any atom is -0.338 e. The van der Waals surface area contributed by atoms with E-state index in [-0.39, 0.29) is 17.9 Å². The van der Waals surface area contributed by atoms with Crippen LogP contribution in [0.15, 0.2) is 48.5 Å². The third-order valence-corrected chi connectivity index (χ3v) is 4.92. The summed E-state index contributed by atoms with van der Waals surface area (Å²) in [7, 11) is 4.03. The Morgan fingerprint density at radius 2 is 1.85 bits per heavy atom. The van der Waals surface area contributed by atoms with E-state index in [1.807, 2.05) is 20.2 Å². The molecule has 140 valence electrons. The molecular formula is C20H25FIN3O. The second-order valence-electron chi connectivity index (χ2n) is 6.46. The molecule has 0 aromatic heterocycles. The topological polar surface area (TPSA) is 44.4 Å². The number of amides is 2. The Bertz CT molecular complexity index is 706. The van der Waals surface area contributed by atoms with Crippen LogP contribution in [0.25, 0.3) is 0 Å². The van der Waals surface area contributed by atoms with E-state index >= 15 is 0 Å². The molecule has 2 aromatic rings. The molecule has 2 N–H and O–H groups in total. The maximum absolute atomic E-state index is 13.1. The van der Waals surface area contributed by atoms with Gasteiger partial charge < -0.3 is 15.5 Å². The first-order chi connectivity index (χ1) is 12.4. The van der Waals surface area contributed by atoms with Crippen molar-refractivity contribution in [1.82, 2.24) is 15.5 Å². The van der Waals surface area contributed by atoms with Gasteiger partial charge in [-0.25, -0.2) is 9.18 Å². The zero-order valence-electron chi connectivity index (χ0n) is 15.1. The highest BCUT2D eigenvalue weighted by atomic mass is 127. The summed E-state index contributed by atoms with van der Waals surface area (Å²) in [6.45, 7) is 1.03. The van der Waals surface area contributed by atoms with Gasteiger partial charge in [-0.1, -0.05) is 24.3 Å². The van der Waals surface area contributed by atoms with E-state index in [1.54, 1.807) is 6.07 Å². The van der Waals surface area contributed by atoms with Crippen LogP contribution in [-0.4, -0.2) is 44.2 Å². The molecule has 0 aliphatic carbocycles. The molecule has 0 heterocycles. The lowest BCUT2D eigenvalue weighted by Gasteiger charge is -2.25. The third kappa shape index (κ3) is 7.29. The van der Waals surface area contributed by atoms with E-state index in [0.29, 0.717) is 19.5 Å². The Kier molecular flexibility index (Phi) is 8.31. The fourth-order valence-corrected chi connectivity index (χ4v) is 2.98. The fourth-order valence-electron chi connectivity index (χ4n) is 2.62. The number of benzene rings is 2. The first kappa shape index (κ1) is 20.6. The molecule has 0 fully saturated rings. The number of urea groups is 1. The molecule has 1 unspecified atom stereocenters. The van der Waals surface area contributed by atoms with Gasteiger partial charge in [0.2, 0.25) is 0 Å². The van der Waals surface area contributed by atoms with Crippen molar-refractivity contribution in [2.75, 3.05) is 27.2 Å². The number of carbonyl (C=O) groups excluding carboxylic acids is 1. The van der Waals surface area contributed by atoms with Crippen molar-refractivity contribution >= 4 is 28.6 Å². The van der Waals surface area contributed by atoms with Crippen LogP contribution in [0.3, 0.4) is 0 Å². The zero-order valence-corrected chi connectivity index (χ0v) is 17.3. The van der Waals surface area contributed by atoms with Crippen molar-refractivity contribution in [1.29, 1.82) is 0 Å². The van der Waals surface area contributed by atoms with Crippen molar-refractivity contribution in [2.24, 2.45) is 0 Å². The first-order valence-electron chi connectivity index (χ1n) is 8.61. The summed E-state index contributed by atoms with van der Waals surface area (Å²) in [5, 5.41) is 5.75. The van der Waals surface area contributed by atoms with Crippen molar-refractivity contribution in [2.45, 2.75) is 18.9 Å². The summed E-state index contributed by atoms with van der Waals surface area (Å²) in [5.74, 6) is -0.253. The molecule has 0 aliphatic heterocycles. The van der Waals surface area contributed by atoms with Crippen LogP contribution in [0, 0.1) is 9.39 Å². The minimum absolute atomic E-state index is 0.198. The van der Waals surface area contributed by atoms with E-state index in [1.165, 1.54) is 21.3 Å². The number of hydrogen-bond acceptors (Lipinski definition) is 2. The Balaban J connectivity index is 1.75. The Morgan fingerprint density at radius 1 is 1.12 bits per heavy atom. The van der Waals surface area contributed by atoms with Crippen LogP contribution in [0.4, 0.5) is 9.18 Å². The predicted molar refractivity (Wildman–Crippen MR) is 112 cm³/mol. The molecule has 26 heavy (non-hydrogen) atoms. The summed E-state index contributed by atoms with van der Waals surface area (Å²) in [6, 6.07) is 14.9. The maximum Gasteiger partial charge on any atom is 0.314 e. The van der Waals surface area contributed by atoms with Gasteiger partial charge in [-0.3, -0.25) is 0 Å². The van der Waals surface area contributed by atoms with Crippen molar-refractivity contribution in [3.05, 3.63) is 69.0 Å². The SMILES string of the molecule is CN(C)C(CNC(=O)NCCc1cccc(F)c1)Cc1ccc(I)cc1. The molecule has 4 nitrogen and oxygen atoms in total. The largest absolute Gasteiger partial charge is 0.338 e. The van der Waals surface area contributed by atoms with Gasteiger partial charge in [0.15, 0.2) is 0 Å². The second kappa shape index (κ2) is 10.5. The summed E-state index contributed by atoms with van der Waals surface area (Å²) in [4.78, 5) is 14.1. The number of nitrogens with one attached hydrogen (secondary N) is 2. The van der Waals surface area contributed by atoms with E-state index in [9.17, 15) is 9.18 Å². The number of hydrogen-bond donors (Lipinski definition) is 2. The van der Waals surface area contributed by atoms with E-state index in [0.717, 1.165) is 12.0 Å². The molecule has 0 saturated carbocycles. The van der Waals surface area contributed by atoms with Crippen molar-refractivity contribution in [3.8, 4) is 0 Å². The molecule has 0 radical (unpaired) electrons.